The molecule has 0 amide bonds. The van der Waals surface area contributed by atoms with Crippen molar-refractivity contribution < 1.29 is 4.39 Å². The fourth-order valence-corrected chi connectivity index (χ4v) is 4.98. The van der Waals surface area contributed by atoms with Crippen molar-refractivity contribution in [3.63, 3.8) is 0 Å². The van der Waals surface area contributed by atoms with Gasteiger partial charge in [0.25, 0.3) is 0 Å². The smallest absolute Gasteiger partial charge is 0.223 e. The number of piperazine rings is 1. The Bertz CT molecular complexity index is 1220. The minimum atomic E-state index is -0.291. The largest absolute Gasteiger partial charge is 0.348 e. The van der Waals surface area contributed by atoms with E-state index in [0.717, 1.165) is 47.4 Å². The Kier molecular flexibility index (Phi) is 6.28. The van der Waals surface area contributed by atoms with E-state index in [-0.39, 0.29) is 11.9 Å². The average molecular weight is 461 g/mol. The van der Waals surface area contributed by atoms with E-state index in [4.69, 9.17) is 9.97 Å². The number of thiazole rings is 1. The van der Waals surface area contributed by atoms with E-state index in [2.05, 4.69) is 39.6 Å². The first kappa shape index (κ1) is 21.5. The van der Waals surface area contributed by atoms with E-state index in [1.165, 1.54) is 6.07 Å². The van der Waals surface area contributed by atoms with Crippen molar-refractivity contribution in [3.8, 4) is 21.8 Å². The van der Waals surface area contributed by atoms with Gasteiger partial charge in [-0.2, -0.15) is 0 Å². The standard InChI is InChI=1S/C25H25FN6S/c1-17(18-7-3-2-4-8-18)29-24-28-12-11-21(30-24)23-22(19-9-5-6-10-20(19)26)31-25(33-23)32-15-13-27-14-16-32/h2-12,17,27H,13-16H2,1H3,(H,28,29,30). The van der Waals surface area contributed by atoms with Crippen molar-refractivity contribution in [2.45, 2.75) is 13.0 Å². The highest BCUT2D eigenvalue weighted by Crippen LogP contribution is 2.40. The normalized spacial score (nSPS) is 14.8. The van der Waals surface area contributed by atoms with Gasteiger partial charge < -0.3 is 15.5 Å². The molecule has 1 fully saturated rings. The van der Waals surface area contributed by atoms with Gasteiger partial charge in [0, 0.05) is 37.9 Å². The molecule has 2 aromatic heterocycles. The molecule has 168 valence electrons. The number of rotatable bonds is 6. The number of aromatic nitrogens is 3. The van der Waals surface area contributed by atoms with Gasteiger partial charge in [-0.3, -0.25) is 0 Å². The number of halogens is 1. The Hall–Kier alpha value is -3.36. The molecule has 0 aliphatic carbocycles. The molecular formula is C25H25FN6S. The topological polar surface area (TPSA) is 66.0 Å². The summed E-state index contributed by atoms with van der Waals surface area (Å²) in [5, 5.41) is 7.63. The summed E-state index contributed by atoms with van der Waals surface area (Å²) in [6.07, 6.45) is 1.73. The van der Waals surface area contributed by atoms with E-state index in [9.17, 15) is 4.39 Å². The third kappa shape index (κ3) is 4.72. The third-order valence-electron chi connectivity index (χ3n) is 5.67. The van der Waals surface area contributed by atoms with E-state index >= 15 is 0 Å². The van der Waals surface area contributed by atoms with Gasteiger partial charge in [0.15, 0.2) is 5.13 Å². The lowest BCUT2D eigenvalue weighted by Gasteiger charge is -2.26. The van der Waals surface area contributed by atoms with Crippen LogP contribution in [0, 0.1) is 5.82 Å². The molecule has 2 N–H and O–H groups in total. The number of nitrogens with zero attached hydrogens (tertiary/aromatic N) is 4. The van der Waals surface area contributed by atoms with Gasteiger partial charge >= 0.3 is 0 Å². The van der Waals surface area contributed by atoms with Gasteiger partial charge in [-0.25, -0.2) is 19.3 Å². The second-order valence-electron chi connectivity index (χ2n) is 7.93. The van der Waals surface area contributed by atoms with E-state index in [1.54, 1.807) is 29.7 Å². The van der Waals surface area contributed by atoms with E-state index in [0.29, 0.717) is 17.2 Å². The highest BCUT2D eigenvalue weighted by atomic mass is 32.1. The molecule has 1 unspecified atom stereocenters. The van der Waals surface area contributed by atoms with Gasteiger partial charge in [0.1, 0.15) is 5.82 Å². The van der Waals surface area contributed by atoms with E-state index < -0.39 is 0 Å². The van der Waals surface area contributed by atoms with Crippen LogP contribution < -0.4 is 15.5 Å². The summed E-state index contributed by atoms with van der Waals surface area (Å²) in [6.45, 7) is 5.63. The number of anilines is 2. The van der Waals surface area contributed by atoms with Crippen LogP contribution in [-0.4, -0.2) is 41.1 Å². The highest BCUT2D eigenvalue weighted by Gasteiger charge is 2.23. The van der Waals surface area contributed by atoms with Crippen LogP contribution in [0.25, 0.3) is 21.8 Å². The number of benzene rings is 2. The van der Waals surface area contributed by atoms with Crippen LogP contribution in [0.5, 0.6) is 0 Å². The first-order valence-electron chi connectivity index (χ1n) is 11.1. The summed E-state index contributed by atoms with van der Waals surface area (Å²) in [5.74, 6) is 0.237. The maximum Gasteiger partial charge on any atom is 0.223 e. The van der Waals surface area contributed by atoms with Crippen molar-refractivity contribution in [2.24, 2.45) is 0 Å². The first-order chi connectivity index (χ1) is 16.2. The maximum atomic E-state index is 14.8. The molecule has 3 heterocycles. The lowest BCUT2D eigenvalue weighted by molar-refractivity contribution is 0.588. The molecule has 1 aliphatic heterocycles. The fourth-order valence-electron chi connectivity index (χ4n) is 3.88. The lowest BCUT2D eigenvalue weighted by atomic mass is 10.1. The second kappa shape index (κ2) is 9.64. The number of hydrogen-bond acceptors (Lipinski definition) is 7. The summed E-state index contributed by atoms with van der Waals surface area (Å²) in [7, 11) is 0. The van der Waals surface area contributed by atoms with Crippen LogP contribution in [0.15, 0.2) is 66.9 Å². The molecule has 33 heavy (non-hydrogen) atoms. The molecule has 6 nitrogen and oxygen atoms in total. The van der Waals surface area contributed by atoms with Gasteiger partial charge in [-0.05, 0) is 30.7 Å². The molecule has 0 radical (unpaired) electrons. The Morgan fingerprint density at radius 2 is 1.76 bits per heavy atom. The van der Waals surface area contributed by atoms with Crippen LogP contribution in [0.4, 0.5) is 15.5 Å². The molecule has 0 saturated carbocycles. The first-order valence-corrected chi connectivity index (χ1v) is 11.9. The Morgan fingerprint density at radius 1 is 1.00 bits per heavy atom. The van der Waals surface area contributed by atoms with Gasteiger partial charge in [0.05, 0.1) is 22.3 Å². The Balaban J connectivity index is 1.52. The fraction of sp³-hybridized carbons (Fsp3) is 0.240. The molecule has 4 aromatic rings. The predicted molar refractivity (Wildman–Crippen MR) is 132 cm³/mol. The molecular weight excluding hydrogens is 435 g/mol. The lowest BCUT2D eigenvalue weighted by Crippen LogP contribution is -2.43. The van der Waals surface area contributed by atoms with Gasteiger partial charge in [-0.1, -0.05) is 53.8 Å². The molecule has 5 rings (SSSR count). The van der Waals surface area contributed by atoms with Crippen LogP contribution in [-0.2, 0) is 0 Å². The molecule has 1 atom stereocenters. The predicted octanol–water partition coefficient (Wildman–Crippen LogP) is 4.99. The number of nitrogens with one attached hydrogen (secondary N) is 2. The van der Waals surface area contributed by atoms with Crippen LogP contribution in [0.3, 0.4) is 0 Å². The van der Waals surface area contributed by atoms with Gasteiger partial charge in [0.2, 0.25) is 5.95 Å². The van der Waals surface area contributed by atoms with Crippen molar-refractivity contribution in [1.82, 2.24) is 20.3 Å². The summed E-state index contributed by atoms with van der Waals surface area (Å²) >= 11 is 1.55. The van der Waals surface area contributed by atoms with Gasteiger partial charge in [-0.15, -0.1) is 0 Å². The van der Waals surface area contributed by atoms with Crippen molar-refractivity contribution >= 4 is 22.4 Å². The average Bonchev–Trinajstić information content (AvgIpc) is 3.31. The van der Waals surface area contributed by atoms with Crippen molar-refractivity contribution in [2.75, 3.05) is 36.4 Å². The molecule has 0 spiro atoms. The molecule has 0 bridgehead atoms. The SMILES string of the molecule is CC(Nc1nccc(-c2sc(N3CCNCC3)nc2-c2ccccc2F)n1)c1ccccc1. The third-order valence-corrected chi connectivity index (χ3v) is 6.80. The quantitative estimate of drug-likeness (QED) is 0.423. The highest BCUT2D eigenvalue weighted by molar-refractivity contribution is 7.19. The summed E-state index contributed by atoms with van der Waals surface area (Å²) in [6, 6.07) is 18.8. The van der Waals surface area contributed by atoms with Crippen molar-refractivity contribution in [1.29, 1.82) is 0 Å². The Morgan fingerprint density at radius 3 is 2.55 bits per heavy atom. The van der Waals surface area contributed by atoms with Crippen LogP contribution in [0.1, 0.15) is 18.5 Å². The van der Waals surface area contributed by atoms with Crippen LogP contribution >= 0.6 is 11.3 Å². The van der Waals surface area contributed by atoms with Crippen molar-refractivity contribution in [3.05, 3.63) is 78.2 Å². The van der Waals surface area contributed by atoms with E-state index in [1.807, 2.05) is 30.3 Å². The number of hydrogen-bond donors (Lipinski definition) is 2. The zero-order chi connectivity index (χ0) is 22.6. The maximum absolute atomic E-state index is 14.8. The molecule has 2 aromatic carbocycles. The minimum absolute atomic E-state index is 0.0466. The Labute approximate surface area is 196 Å². The molecule has 1 saturated heterocycles. The zero-order valence-electron chi connectivity index (χ0n) is 18.3. The molecule has 1 aliphatic rings. The minimum Gasteiger partial charge on any atom is -0.348 e. The summed E-state index contributed by atoms with van der Waals surface area (Å²) in [4.78, 5) is 17.2. The molecule has 8 heteroatoms. The summed E-state index contributed by atoms with van der Waals surface area (Å²) in [5.41, 5.74) is 2.98. The monoisotopic (exact) mass is 460 g/mol. The second-order valence-corrected chi connectivity index (χ2v) is 8.91. The zero-order valence-corrected chi connectivity index (χ0v) is 19.1. The van der Waals surface area contributed by atoms with Crippen LogP contribution in [0.2, 0.25) is 0 Å². The summed E-state index contributed by atoms with van der Waals surface area (Å²) < 4.78 is 14.8.